The molecule has 0 bridgehead atoms. The van der Waals surface area contributed by atoms with Gasteiger partial charge in [-0.15, -0.1) is 0 Å². The van der Waals surface area contributed by atoms with Crippen LogP contribution in [0.25, 0.3) is 0 Å². The van der Waals surface area contributed by atoms with Gasteiger partial charge in [-0.2, -0.15) is 11.8 Å². The van der Waals surface area contributed by atoms with Crippen LogP contribution in [0.1, 0.15) is 32.1 Å². The van der Waals surface area contributed by atoms with Crippen LogP contribution in [-0.2, 0) is 19.2 Å². The Balaban J connectivity index is 4.96. The fourth-order valence-electron chi connectivity index (χ4n) is 2.12. The number of thioether (sulfide) groups is 1. The van der Waals surface area contributed by atoms with Crippen LogP contribution in [0.2, 0.25) is 0 Å². The van der Waals surface area contributed by atoms with Crippen LogP contribution in [0, 0.1) is 0 Å². The van der Waals surface area contributed by atoms with Crippen molar-refractivity contribution in [2.45, 2.75) is 50.2 Å². The first-order chi connectivity index (χ1) is 12.2. The van der Waals surface area contributed by atoms with Crippen LogP contribution in [-0.4, -0.2) is 65.5 Å². The minimum absolute atomic E-state index is 0.257. The number of rotatable bonds is 14. The molecule has 0 fully saturated rings. The van der Waals surface area contributed by atoms with Crippen LogP contribution >= 0.6 is 11.8 Å². The maximum absolute atomic E-state index is 12.4. The summed E-state index contributed by atoms with van der Waals surface area (Å²) in [5.41, 5.74) is 16.0. The normalized spacial score (nSPS) is 14.1. The molecule has 3 amide bonds. The summed E-state index contributed by atoms with van der Waals surface area (Å²) in [4.78, 5) is 46.6. The van der Waals surface area contributed by atoms with E-state index in [9.17, 15) is 24.3 Å². The summed E-state index contributed by atoms with van der Waals surface area (Å²) in [5.74, 6) is -2.64. The number of hydrogen-bond donors (Lipinski definition) is 6. The zero-order valence-corrected chi connectivity index (χ0v) is 15.7. The van der Waals surface area contributed by atoms with Crippen molar-refractivity contribution in [3.05, 3.63) is 0 Å². The molecule has 0 rings (SSSR count). The van der Waals surface area contributed by atoms with Gasteiger partial charge in [0.1, 0.15) is 12.1 Å². The average molecular weight is 391 g/mol. The molecule has 3 atom stereocenters. The van der Waals surface area contributed by atoms with Crippen LogP contribution in [0.4, 0.5) is 0 Å². The molecule has 0 radical (unpaired) electrons. The van der Waals surface area contributed by atoms with Crippen LogP contribution in [0.15, 0.2) is 0 Å². The van der Waals surface area contributed by atoms with E-state index in [1.807, 2.05) is 6.26 Å². The lowest BCUT2D eigenvalue weighted by Crippen LogP contribution is -2.55. The van der Waals surface area contributed by atoms with Gasteiger partial charge in [-0.3, -0.25) is 14.4 Å². The average Bonchev–Trinajstić information content (AvgIpc) is 2.56. The molecule has 0 saturated carbocycles. The van der Waals surface area contributed by atoms with E-state index in [2.05, 4.69) is 10.6 Å². The molecule has 0 spiro atoms. The second kappa shape index (κ2) is 13.4. The number of carbonyl (C=O) groups is 4. The molecule has 0 heterocycles. The Morgan fingerprint density at radius 3 is 2.15 bits per heavy atom. The number of amides is 3. The zero-order chi connectivity index (χ0) is 20.1. The van der Waals surface area contributed by atoms with Crippen molar-refractivity contribution < 1.29 is 24.3 Å². The molecule has 26 heavy (non-hydrogen) atoms. The lowest BCUT2D eigenvalue weighted by atomic mass is 10.1. The molecule has 150 valence electrons. The van der Waals surface area contributed by atoms with E-state index in [1.165, 1.54) is 11.8 Å². The summed E-state index contributed by atoms with van der Waals surface area (Å²) in [6, 6.07) is -3.20. The summed E-state index contributed by atoms with van der Waals surface area (Å²) < 4.78 is 0. The highest BCUT2D eigenvalue weighted by molar-refractivity contribution is 7.98. The van der Waals surface area contributed by atoms with E-state index < -0.39 is 41.8 Å². The number of unbranched alkanes of at least 4 members (excludes halogenated alkanes) is 1. The van der Waals surface area contributed by atoms with Crippen LogP contribution < -0.4 is 27.8 Å². The number of nitrogens with one attached hydrogen (secondary N) is 2. The summed E-state index contributed by atoms with van der Waals surface area (Å²) in [6.45, 7) is 0.426. The van der Waals surface area contributed by atoms with Crippen molar-refractivity contribution >= 4 is 35.5 Å². The van der Waals surface area contributed by atoms with Crippen molar-refractivity contribution in [2.24, 2.45) is 17.2 Å². The van der Waals surface area contributed by atoms with Gasteiger partial charge < -0.3 is 32.9 Å². The van der Waals surface area contributed by atoms with Crippen molar-refractivity contribution in [2.75, 3.05) is 18.6 Å². The fraction of sp³-hybridized carbons (Fsp3) is 0.733. The molecular formula is C15H29N5O5S. The molecule has 11 heteroatoms. The summed E-state index contributed by atoms with van der Waals surface area (Å²) in [5, 5.41) is 14.1. The standard InChI is InChI=1S/C15H29N5O5S/c1-26-7-5-11(15(24)25)20-14(23)10(4-2-3-6-16)19-13(22)9(17)8-12(18)21/h9-11H,2-8,16-17H2,1H3,(H2,18,21)(H,19,22)(H,20,23)(H,24,25). The monoisotopic (exact) mass is 391 g/mol. The van der Waals surface area contributed by atoms with E-state index in [0.29, 0.717) is 25.1 Å². The third-order valence-corrected chi connectivity index (χ3v) is 4.21. The molecule has 0 aliphatic heterocycles. The van der Waals surface area contributed by atoms with Crippen molar-refractivity contribution in [1.29, 1.82) is 0 Å². The Kier molecular flexibility index (Phi) is 12.4. The molecule has 0 aromatic heterocycles. The van der Waals surface area contributed by atoms with Crippen molar-refractivity contribution in [3.8, 4) is 0 Å². The van der Waals surface area contributed by atoms with Gasteiger partial charge >= 0.3 is 5.97 Å². The van der Waals surface area contributed by atoms with E-state index in [0.717, 1.165) is 0 Å². The number of primary amides is 1. The van der Waals surface area contributed by atoms with Gasteiger partial charge in [-0.05, 0) is 44.2 Å². The van der Waals surface area contributed by atoms with E-state index in [-0.39, 0.29) is 19.3 Å². The lowest BCUT2D eigenvalue weighted by Gasteiger charge is -2.22. The first-order valence-corrected chi connectivity index (χ1v) is 9.68. The van der Waals surface area contributed by atoms with Gasteiger partial charge in [0.2, 0.25) is 17.7 Å². The number of hydrogen-bond acceptors (Lipinski definition) is 7. The molecular weight excluding hydrogens is 362 g/mol. The maximum atomic E-state index is 12.4. The molecule has 3 unspecified atom stereocenters. The van der Waals surface area contributed by atoms with Crippen LogP contribution in [0.3, 0.4) is 0 Å². The molecule has 0 aromatic rings. The Morgan fingerprint density at radius 1 is 1.04 bits per heavy atom. The molecule has 0 aromatic carbocycles. The Hall–Kier alpha value is -1.85. The zero-order valence-electron chi connectivity index (χ0n) is 14.9. The van der Waals surface area contributed by atoms with Gasteiger partial charge in [-0.25, -0.2) is 4.79 Å². The highest BCUT2D eigenvalue weighted by Crippen LogP contribution is 2.05. The number of carboxylic acids is 1. The SMILES string of the molecule is CSCCC(NC(=O)C(CCCCN)NC(=O)C(N)CC(N)=O)C(=O)O. The second-order valence-corrected chi connectivity index (χ2v) is 6.79. The van der Waals surface area contributed by atoms with E-state index in [4.69, 9.17) is 17.2 Å². The predicted molar refractivity (Wildman–Crippen MR) is 99.2 cm³/mol. The van der Waals surface area contributed by atoms with Gasteiger partial charge in [0.15, 0.2) is 0 Å². The Morgan fingerprint density at radius 2 is 1.65 bits per heavy atom. The molecule has 0 saturated heterocycles. The first kappa shape index (κ1) is 24.1. The minimum atomic E-state index is -1.18. The fourth-order valence-corrected chi connectivity index (χ4v) is 2.59. The summed E-state index contributed by atoms with van der Waals surface area (Å²) in [7, 11) is 0. The first-order valence-electron chi connectivity index (χ1n) is 8.29. The molecule has 9 N–H and O–H groups in total. The smallest absolute Gasteiger partial charge is 0.326 e. The number of carboxylic acid groups (broad SMARTS) is 1. The van der Waals surface area contributed by atoms with Gasteiger partial charge in [-0.1, -0.05) is 0 Å². The van der Waals surface area contributed by atoms with Gasteiger partial charge in [0.05, 0.1) is 12.5 Å². The maximum Gasteiger partial charge on any atom is 0.326 e. The Labute approximate surface area is 157 Å². The predicted octanol–water partition coefficient (Wildman–Crippen LogP) is -1.87. The highest BCUT2D eigenvalue weighted by Gasteiger charge is 2.27. The Bertz CT molecular complexity index is 491. The quantitative estimate of drug-likeness (QED) is 0.185. The van der Waals surface area contributed by atoms with Crippen molar-refractivity contribution in [3.63, 3.8) is 0 Å². The van der Waals surface area contributed by atoms with Crippen molar-refractivity contribution in [1.82, 2.24) is 10.6 Å². The van der Waals surface area contributed by atoms with Crippen LogP contribution in [0.5, 0.6) is 0 Å². The third-order valence-electron chi connectivity index (χ3n) is 3.56. The largest absolute Gasteiger partial charge is 0.480 e. The molecule has 0 aliphatic carbocycles. The number of nitrogens with two attached hydrogens (primary N) is 3. The third kappa shape index (κ3) is 10.2. The van der Waals surface area contributed by atoms with Gasteiger partial charge in [0, 0.05) is 0 Å². The number of aliphatic carboxylic acids is 1. The minimum Gasteiger partial charge on any atom is -0.480 e. The second-order valence-electron chi connectivity index (χ2n) is 5.80. The topological polar surface area (TPSA) is 191 Å². The number of carbonyl (C=O) groups excluding carboxylic acids is 3. The highest BCUT2D eigenvalue weighted by atomic mass is 32.2. The van der Waals surface area contributed by atoms with E-state index in [1.54, 1.807) is 0 Å². The van der Waals surface area contributed by atoms with E-state index >= 15 is 0 Å². The van der Waals surface area contributed by atoms with Gasteiger partial charge in [0.25, 0.3) is 0 Å². The summed E-state index contributed by atoms with van der Waals surface area (Å²) >= 11 is 1.46. The summed E-state index contributed by atoms with van der Waals surface area (Å²) in [6.07, 6.45) is 3.20. The molecule has 0 aliphatic rings. The molecule has 10 nitrogen and oxygen atoms in total. The lowest BCUT2D eigenvalue weighted by molar-refractivity contribution is -0.142.